The van der Waals surface area contributed by atoms with Gasteiger partial charge < -0.3 is 9.52 Å². The van der Waals surface area contributed by atoms with Gasteiger partial charge in [0.1, 0.15) is 0 Å². The summed E-state index contributed by atoms with van der Waals surface area (Å²) in [4.78, 5) is 10.5. The average molecular weight is 246 g/mol. The number of rotatable bonds is 2. The third kappa shape index (κ3) is 2.21. The lowest BCUT2D eigenvalue weighted by Gasteiger charge is -2.18. The van der Waals surface area contributed by atoms with E-state index in [4.69, 9.17) is 9.52 Å². The van der Waals surface area contributed by atoms with Crippen LogP contribution < -0.4 is 0 Å². The summed E-state index contributed by atoms with van der Waals surface area (Å²) in [5.74, 6) is -1.96. The minimum Gasteiger partial charge on any atom is -0.474 e. The van der Waals surface area contributed by atoms with Crippen LogP contribution in [0, 0.1) is 0 Å². The van der Waals surface area contributed by atoms with Gasteiger partial charge >= 0.3 is 11.9 Å². The van der Waals surface area contributed by atoms with Crippen molar-refractivity contribution in [1.82, 2.24) is 10.2 Å². The molecule has 0 aromatic carbocycles. The maximum absolute atomic E-state index is 11.4. The van der Waals surface area contributed by atoms with Crippen molar-refractivity contribution in [1.29, 1.82) is 0 Å². The molecule has 2 heterocycles. The maximum atomic E-state index is 11.4. The Balaban J connectivity index is 2.20. The van der Waals surface area contributed by atoms with Crippen molar-refractivity contribution in [3.05, 3.63) is 11.8 Å². The van der Waals surface area contributed by atoms with E-state index < -0.39 is 21.7 Å². The minimum absolute atomic E-state index is 0.0474. The van der Waals surface area contributed by atoms with E-state index in [0.717, 1.165) is 0 Å². The van der Waals surface area contributed by atoms with E-state index in [0.29, 0.717) is 12.8 Å². The molecule has 1 N–H and O–H groups in total. The summed E-state index contributed by atoms with van der Waals surface area (Å²) in [5, 5.41) is 15.5. The van der Waals surface area contributed by atoms with E-state index in [1.165, 1.54) is 0 Å². The zero-order chi connectivity index (χ0) is 11.8. The highest BCUT2D eigenvalue weighted by Crippen LogP contribution is 2.27. The number of aromatic nitrogens is 2. The van der Waals surface area contributed by atoms with Crippen molar-refractivity contribution in [2.24, 2.45) is 0 Å². The Morgan fingerprint density at radius 2 is 2.19 bits per heavy atom. The summed E-state index contributed by atoms with van der Waals surface area (Å²) in [5.41, 5.74) is 0. The van der Waals surface area contributed by atoms with Crippen molar-refractivity contribution in [2.75, 3.05) is 11.5 Å². The molecule has 1 atom stereocenters. The smallest absolute Gasteiger partial charge is 0.393 e. The maximum Gasteiger partial charge on any atom is 0.393 e. The van der Waals surface area contributed by atoms with Gasteiger partial charge in [0.15, 0.2) is 9.84 Å². The van der Waals surface area contributed by atoms with Crippen LogP contribution in [0.25, 0.3) is 0 Å². The SMILES string of the molecule is O=C(O)c1nnc(C2CCCS(=O)(=O)C2)o1. The first kappa shape index (κ1) is 11.1. The Bertz CT molecular complexity index is 506. The first-order chi connectivity index (χ1) is 7.48. The molecule has 0 amide bonds. The van der Waals surface area contributed by atoms with Crippen molar-refractivity contribution < 1.29 is 22.7 Å². The quantitative estimate of drug-likeness (QED) is 0.785. The van der Waals surface area contributed by atoms with Crippen LogP contribution in [-0.4, -0.2) is 41.2 Å². The lowest BCUT2D eigenvalue weighted by molar-refractivity contribution is 0.0651. The second-order valence-electron chi connectivity index (χ2n) is 3.70. The molecule has 1 saturated heterocycles. The molecule has 1 aliphatic rings. The van der Waals surface area contributed by atoms with E-state index in [1.54, 1.807) is 0 Å². The van der Waals surface area contributed by atoms with Crippen LogP contribution in [0.1, 0.15) is 35.3 Å². The van der Waals surface area contributed by atoms with Crippen LogP contribution in [0.4, 0.5) is 0 Å². The third-order valence-electron chi connectivity index (χ3n) is 2.44. The predicted octanol–water partition coefficient (Wildman–Crippen LogP) is 0.0600. The van der Waals surface area contributed by atoms with Gasteiger partial charge in [-0.15, -0.1) is 10.2 Å². The number of aromatic carboxylic acids is 1. The molecule has 0 bridgehead atoms. The van der Waals surface area contributed by atoms with Gasteiger partial charge in [0.05, 0.1) is 17.4 Å². The summed E-state index contributed by atoms with van der Waals surface area (Å²) in [6, 6.07) is 0. The van der Waals surface area contributed by atoms with Crippen LogP contribution >= 0.6 is 0 Å². The summed E-state index contributed by atoms with van der Waals surface area (Å²) >= 11 is 0. The van der Waals surface area contributed by atoms with E-state index >= 15 is 0 Å². The standard InChI is InChI=1S/C8H10N2O5S/c11-8(12)7-10-9-6(15-7)5-2-1-3-16(13,14)4-5/h5H,1-4H2,(H,11,12). The van der Waals surface area contributed by atoms with Gasteiger partial charge in [-0.05, 0) is 12.8 Å². The summed E-state index contributed by atoms with van der Waals surface area (Å²) in [7, 11) is -3.07. The highest BCUT2D eigenvalue weighted by atomic mass is 32.2. The van der Waals surface area contributed by atoms with Crippen molar-refractivity contribution in [3.63, 3.8) is 0 Å². The number of sulfone groups is 1. The van der Waals surface area contributed by atoms with Crippen LogP contribution in [0.2, 0.25) is 0 Å². The van der Waals surface area contributed by atoms with Gasteiger partial charge in [0.25, 0.3) is 0 Å². The summed E-state index contributed by atoms with van der Waals surface area (Å²) in [6.07, 6.45) is 1.16. The number of hydrogen-bond acceptors (Lipinski definition) is 6. The van der Waals surface area contributed by atoms with Gasteiger partial charge in [-0.3, -0.25) is 0 Å². The molecule has 1 fully saturated rings. The molecule has 88 valence electrons. The van der Waals surface area contributed by atoms with Crippen LogP contribution in [0.5, 0.6) is 0 Å². The molecule has 1 aromatic heterocycles. The minimum atomic E-state index is -3.07. The Morgan fingerprint density at radius 1 is 1.44 bits per heavy atom. The van der Waals surface area contributed by atoms with Crippen LogP contribution in [-0.2, 0) is 9.84 Å². The largest absolute Gasteiger partial charge is 0.474 e. The normalized spacial score (nSPS) is 24.1. The highest BCUT2D eigenvalue weighted by molar-refractivity contribution is 7.91. The Kier molecular flexibility index (Phi) is 2.66. The van der Waals surface area contributed by atoms with E-state index in [9.17, 15) is 13.2 Å². The van der Waals surface area contributed by atoms with Crippen LogP contribution in [0.3, 0.4) is 0 Å². The second-order valence-corrected chi connectivity index (χ2v) is 5.93. The lowest BCUT2D eigenvalue weighted by atomic mass is 10.1. The highest BCUT2D eigenvalue weighted by Gasteiger charge is 2.30. The van der Waals surface area contributed by atoms with E-state index in [2.05, 4.69) is 10.2 Å². The van der Waals surface area contributed by atoms with Gasteiger partial charge in [-0.1, -0.05) is 0 Å². The van der Waals surface area contributed by atoms with Gasteiger partial charge in [-0.2, -0.15) is 0 Å². The Morgan fingerprint density at radius 3 is 2.75 bits per heavy atom. The molecular weight excluding hydrogens is 236 g/mol. The number of carboxylic acids is 1. The Hall–Kier alpha value is -1.44. The first-order valence-corrected chi connectivity index (χ1v) is 6.57. The van der Waals surface area contributed by atoms with Gasteiger partial charge in [0, 0.05) is 0 Å². The third-order valence-corrected chi connectivity index (χ3v) is 4.26. The van der Waals surface area contributed by atoms with E-state index in [1.807, 2.05) is 0 Å². The van der Waals surface area contributed by atoms with E-state index in [-0.39, 0.29) is 23.3 Å². The fourth-order valence-corrected chi connectivity index (χ4v) is 3.40. The monoisotopic (exact) mass is 246 g/mol. The zero-order valence-corrected chi connectivity index (χ0v) is 9.11. The lowest BCUT2D eigenvalue weighted by Crippen LogP contribution is -2.23. The molecule has 0 aliphatic carbocycles. The summed E-state index contributed by atoms with van der Waals surface area (Å²) in [6.45, 7) is 0. The van der Waals surface area contributed by atoms with Gasteiger partial charge in [-0.25, -0.2) is 13.2 Å². The molecule has 0 radical (unpaired) electrons. The topological polar surface area (TPSA) is 110 Å². The summed E-state index contributed by atoms with van der Waals surface area (Å²) < 4.78 is 27.6. The molecule has 0 spiro atoms. The van der Waals surface area contributed by atoms with Crippen LogP contribution in [0.15, 0.2) is 4.42 Å². The number of carbonyl (C=O) groups is 1. The zero-order valence-electron chi connectivity index (χ0n) is 8.29. The Labute approximate surface area is 91.4 Å². The fraction of sp³-hybridized carbons (Fsp3) is 0.625. The predicted molar refractivity (Wildman–Crippen MR) is 51.9 cm³/mol. The van der Waals surface area contributed by atoms with Crippen molar-refractivity contribution in [2.45, 2.75) is 18.8 Å². The second kappa shape index (κ2) is 3.85. The van der Waals surface area contributed by atoms with Crippen molar-refractivity contribution >= 4 is 15.8 Å². The first-order valence-electron chi connectivity index (χ1n) is 4.75. The molecule has 1 aliphatic heterocycles. The number of carboxylic acid groups (broad SMARTS) is 1. The fourth-order valence-electron chi connectivity index (χ4n) is 1.70. The number of nitrogens with zero attached hydrogens (tertiary/aromatic N) is 2. The van der Waals surface area contributed by atoms with Gasteiger partial charge in [0.2, 0.25) is 5.89 Å². The molecular formula is C8H10N2O5S. The molecule has 1 aromatic rings. The number of hydrogen-bond donors (Lipinski definition) is 1. The molecule has 8 heteroatoms. The molecule has 2 rings (SSSR count). The molecule has 1 unspecified atom stereocenters. The molecule has 7 nitrogen and oxygen atoms in total. The molecule has 0 saturated carbocycles. The van der Waals surface area contributed by atoms with Crippen molar-refractivity contribution in [3.8, 4) is 0 Å². The molecule has 16 heavy (non-hydrogen) atoms. The average Bonchev–Trinajstić information content (AvgIpc) is 2.64.